The Balaban J connectivity index is 1.54. The molecular formula is C27H17ClFN7. The predicted molar refractivity (Wildman–Crippen MR) is 141 cm³/mol. The second-order valence-electron chi connectivity index (χ2n) is 8.33. The number of guanidine groups is 1. The number of anilines is 3. The minimum absolute atomic E-state index is 0.313. The molecule has 0 spiro atoms. The molecule has 1 N–H and O–H groups in total. The summed E-state index contributed by atoms with van der Waals surface area (Å²) < 4.78 is 17.3. The molecule has 1 aliphatic heterocycles. The largest absolute Gasteiger partial charge is 0.325 e. The number of rotatable bonds is 2. The predicted octanol–water partition coefficient (Wildman–Crippen LogP) is 6.72. The zero-order valence-corrected chi connectivity index (χ0v) is 19.4. The zero-order valence-electron chi connectivity index (χ0n) is 18.7. The molecule has 0 fully saturated rings. The van der Waals surface area contributed by atoms with Crippen LogP contribution in [0.1, 0.15) is 0 Å². The smallest absolute Gasteiger partial charge is 0.243 e. The van der Waals surface area contributed by atoms with Crippen molar-refractivity contribution in [3.8, 4) is 5.69 Å². The average Bonchev–Trinajstić information content (AvgIpc) is 3.39. The van der Waals surface area contributed by atoms with Gasteiger partial charge in [0.15, 0.2) is 5.65 Å². The van der Waals surface area contributed by atoms with Crippen LogP contribution in [0, 0.1) is 5.82 Å². The van der Waals surface area contributed by atoms with Crippen LogP contribution in [-0.2, 0) is 0 Å². The van der Waals surface area contributed by atoms with Crippen molar-refractivity contribution in [2.24, 2.45) is 4.99 Å². The standard InChI is InChI=1S/C27H17ClFN7/c28-17-9-15-20(16-10-17)34-26(30-19-13-11-18(29)12-14-19)31-23-7-3-4-8-24(23)35-25-21-5-1-2-6-22(21)32-36(25)33-27(34)35/h1-16H,(H,30,31). The highest BCUT2D eigenvalue weighted by molar-refractivity contribution is 6.30. The molecule has 0 unspecified atom stereocenters. The lowest BCUT2D eigenvalue weighted by molar-refractivity contribution is 0.628. The van der Waals surface area contributed by atoms with Crippen LogP contribution in [0.25, 0.3) is 22.2 Å². The SMILES string of the molecule is Fc1ccc(NC2=Nc3ccccc3-n3c(nn4nc5ccccc5c34)N2c2ccc(Cl)cc2)cc1. The van der Waals surface area contributed by atoms with E-state index in [4.69, 9.17) is 26.8 Å². The summed E-state index contributed by atoms with van der Waals surface area (Å²) in [5.74, 6) is 0.767. The highest BCUT2D eigenvalue weighted by Crippen LogP contribution is 2.38. The summed E-state index contributed by atoms with van der Waals surface area (Å²) in [4.78, 5) is 6.92. The first-order chi connectivity index (χ1) is 17.7. The Morgan fingerprint density at radius 2 is 1.53 bits per heavy atom. The molecule has 174 valence electrons. The average molecular weight is 494 g/mol. The second-order valence-corrected chi connectivity index (χ2v) is 8.77. The Kier molecular flexibility index (Phi) is 4.55. The van der Waals surface area contributed by atoms with Gasteiger partial charge in [0.25, 0.3) is 0 Å². The second kappa shape index (κ2) is 7.93. The van der Waals surface area contributed by atoms with Crippen LogP contribution in [0.15, 0.2) is 102 Å². The molecule has 0 aliphatic carbocycles. The molecular weight excluding hydrogens is 477 g/mol. The minimum atomic E-state index is -0.313. The Morgan fingerprint density at radius 3 is 2.36 bits per heavy atom. The van der Waals surface area contributed by atoms with Crippen molar-refractivity contribution in [1.29, 1.82) is 0 Å². The van der Waals surface area contributed by atoms with E-state index < -0.39 is 0 Å². The van der Waals surface area contributed by atoms with E-state index in [1.165, 1.54) is 12.1 Å². The molecule has 0 radical (unpaired) electrons. The van der Waals surface area contributed by atoms with E-state index in [0.717, 1.165) is 33.6 Å². The third-order valence-corrected chi connectivity index (χ3v) is 6.33. The van der Waals surface area contributed by atoms with Crippen molar-refractivity contribution in [2.75, 3.05) is 10.2 Å². The summed E-state index contributed by atoms with van der Waals surface area (Å²) >= 11 is 6.21. The number of hydrogen-bond acceptors (Lipinski definition) is 5. The Bertz CT molecular complexity index is 1790. The number of benzene rings is 4. The summed E-state index contributed by atoms with van der Waals surface area (Å²) in [6.45, 7) is 0. The van der Waals surface area contributed by atoms with Crippen LogP contribution in [0.3, 0.4) is 0 Å². The van der Waals surface area contributed by atoms with Gasteiger partial charge in [0.2, 0.25) is 11.9 Å². The van der Waals surface area contributed by atoms with Gasteiger partial charge in [-0.1, -0.05) is 35.9 Å². The van der Waals surface area contributed by atoms with Crippen LogP contribution in [0.4, 0.5) is 27.4 Å². The van der Waals surface area contributed by atoms with Crippen LogP contribution in [0.2, 0.25) is 5.02 Å². The molecule has 2 aromatic heterocycles. The molecule has 9 heteroatoms. The van der Waals surface area contributed by atoms with E-state index in [1.54, 1.807) is 16.8 Å². The zero-order chi connectivity index (χ0) is 24.2. The van der Waals surface area contributed by atoms with Gasteiger partial charge in [-0.05, 0) is 72.8 Å². The fourth-order valence-electron chi connectivity index (χ4n) is 4.46. The van der Waals surface area contributed by atoms with Crippen LogP contribution in [0.5, 0.6) is 0 Å². The first-order valence-electron chi connectivity index (χ1n) is 11.3. The highest BCUT2D eigenvalue weighted by atomic mass is 35.5. The molecule has 7 nitrogen and oxygen atoms in total. The van der Waals surface area contributed by atoms with Gasteiger partial charge in [-0.3, -0.25) is 4.57 Å². The van der Waals surface area contributed by atoms with E-state index in [9.17, 15) is 4.39 Å². The van der Waals surface area contributed by atoms with Crippen molar-refractivity contribution in [3.63, 3.8) is 0 Å². The van der Waals surface area contributed by atoms with Gasteiger partial charge in [-0.2, -0.15) is 0 Å². The number of nitrogens with one attached hydrogen (secondary N) is 1. The molecule has 7 rings (SSSR count). The van der Waals surface area contributed by atoms with E-state index in [0.29, 0.717) is 22.6 Å². The monoisotopic (exact) mass is 493 g/mol. The van der Waals surface area contributed by atoms with Gasteiger partial charge < -0.3 is 5.32 Å². The number of nitrogens with zero attached hydrogens (tertiary/aromatic N) is 6. The molecule has 0 saturated heterocycles. The van der Waals surface area contributed by atoms with E-state index >= 15 is 0 Å². The minimum Gasteiger partial charge on any atom is -0.325 e. The maximum atomic E-state index is 13.6. The van der Waals surface area contributed by atoms with Crippen molar-refractivity contribution >= 4 is 57.1 Å². The van der Waals surface area contributed by atoms with E-state index in [1.807, 2.05) is 77.7 Å². The molecule has 6 aromatic rings. The van der Waals surface area contributed by atoms with E-state index in [2.05, 4.69) is 9.88 Å². The molecule has 0 saturated carbocycles. The number of aromatic nitrogens is 4. The Hall–Kier alpha value is -4.69. The lowest BCUT2D eigenvalue weighted by atomic mass is 10.2. The molecule has 0 atom stereocenters. The summed E-state index contributed by atoms with van der Waals surface area (Å²) in [7, 11) is 0. The van der Waals surface area contributed by atoms with Crippen molar-refractivity contribution < 1.29 is 4.39 Å². The third kappa shape index (κ3) is 3.23. The molecule has 3 heterocycles. The lowest BCUT2D eigenvalue weighted by Crippen LogP contribution is -2.33. The fourth-order valence-corrected chi connectivity index (χ4v) is 4.58. The number of halogens is 2. The number of hydrogen-bond donors (Lipinski definition) is 1. The maximum Gasteiger partial charge on any atom is 0.243 e. The fraction of sp³-hybridized carbons (Fsp3) is 0. The summed E-state index contributed by atoms with van der Waals surface area (Å²) in [5, 5.41) is 14.6. The summed E-state index contributed by atoms with van der Waals surface area (Å²) in [6.07, 6.45) is 0. The number of fused-ring (bicyclic) bond motifs is 7. The molecule has 0 bridgehead atoms. The molecule has 4 aromatic carbocycles. The van der Waals surface area contributed by atoms with Crippen molar-refractivity contribution in [2.45, 2.75) is 0 Å². The van der Waals surface area contributed by atoms with Gasteiger partial charge in [-0.25, -0.2) is 14.3 Å². The van der Waals surface area contributed by atoms with E-state index in [-0.39, 0.29) is 5.82 Å². The first kappa shape index (κ1) is 20.7. The molecule has 0 amide bonds. The van der Waals surface area contributed by atoms with Crippen molar-refractivity contribution in [3.05, 3.63) is 108 Å². The highest BCUT2D eigenvalue weighted by Gasteiger charge is 2.30. The quantitative estimate of drug-likeness (QED) is 0.291. The van der Waals surface area contributed by atoms with Gasteiger partial charge in [-0.15, -0.1) is 14.8 Å². The van der Waals surface area contributed by atoms with Crippen LogP contribution < -0.4 is 10.2 Å². The molecule has 36 heavy (non-hydrogen) atoms. The number of aliphatic imine (C=N–C) groups is 1. The van der Waals surface area contributed by atoms with Crippen molar-refractivity contribution in [1.82, 2.24) is 19.4 Å². The Morgan fingerprint density at radius 1 is 0.778 bits per heavy atom. The number of para-hydroxylation sites is 2. The normalized spacial score (nSPS) is 12.8. The third-order valence-electron chi connectivity index (χ3n) is 6.08. The summed E-state index contributed by atoms with van der Waals surface area (Å²) in [5.41, 5.74) is 4.74. The van der Waals surface area contributed by atoms with Crippen LogP contribution >= 0.6 is 11.6 Å². The molecule has 1 aliphatic rings. The Labute approximate surface area is 209 Å². The maximum absolute atomic E-state index is 13.6. The van der Waals surface area contributed by atoms with Gasteiger partial charge >= 0.3 is 0 Å². The lowest BCUT2D eigenvalue weighted by Gasteiger charge is -2.24. The van der Waals surface area contributed by atoms with Crippen LogP contribution in [-0.4, -0.2) is 25.4 Å². The topological polar surface area (TPSA) is 62.8 Å². The summed E-state index contributed by atoms with van der Waals surface area (Å²) in [6, 6.07) is 29.4. The van der Waals surface area contributed by atoms with Gasteiger partial charge in [0.1, 0.15) is 5.82 Å². The van der Waals surface area contributed by atoms with Gasteiger partial charge in [0.05, 0.1) is 22.6 Å². The van der Waals surface area contributed by atoms with Gasteiger partial charge in [0, 0.05) is 16.1 Å². The first-order valence-corrected chi connectivity index (χ1v) is 11.7.